The lowest BCUT2D eigenvalue weighted by Gasteiger charge is -2.39. The van der Waals surface area contributed by atoms with E-state index in [0.717, 1.165) is 24.2 Å². The number of benzene rings is 1. The van der Waals surface area contributed by atoms with Crippen LogP contribution in [0.15, 0.2) is 30.5 Å². The van der Waals surface area contributed by atoms with Gasteiger partial charge in [0.1, 0.15) is 5.69 Å². The highest BCUT2D eigenvalue weighted by Gasteiger charge is 2.33. The molecule has 3 heterocycles. The van der Waals surface area contributed by atoms with Gasteiger partial charge in [-0.1, -0.05) is 35.0 Å². The van der Waals surface area contributed by atoms with Gasteiger partial charge in [-0.2, -0.15) is 0 Å². The van der Waals surface area contributed by atoms with E-state index in [-0.39, 0.29) is 17.9 Å². The van der Waals surface area contributed by atoms with Gasteiger partial charge in [-0.05, 0) is 18.9 Å². The van der Waals surface area contributed by atoms with Crippen molar-refractivity contribution in [2.24, 2.45) is 0 Å². The maximum atomic E-state index is 12.4. The molecule has 2 saturated heterocycles. The van der Waals surface area contributed by atoms with Crippen LogP contribution < -0.4 is 0 Å². The molecule has 26 heavy (non-hydrogen) atoms. The Bertz CT molecular complexity index is 825. The van der Waals surface area contributed by atoms with Gasteiger partial charge >= 0.3 is 0 Å². The largest absolute Gasteiger partial charge is 0.338 e. The molecule has 0 saturated carbocycles. The quantitative estimate of drug-likeness (QED) is 0.813. The first-order chi connectivity index (χ1) is 12.6. The van der Waals surface area contributed by atoms with Crippen molar-refractivity contribution in [2.45, 2.75) is 38.8 Å². The molecule has 7 nitrogen and oxygen atoms in total. The molecule has 0 atom stereocenters. The molecule has 1 aromatic carbocycles. The van der Waals surface area contributed by atoms with E-state index in [4.69, 9.17) is 0 Å². The molecule has 0 spiro atoms. The Hall–Kier alpha value is -2.70. The smallest absolute Gasteiger partial charge is 0.227 e. The maximum Gasteiger partial charge on any atom is 0.227 e. The Morgan fingerprint density at radius 1 is 1.31 bits per heavy atom. The summed E-state index contributed by atoms with van der Waals surface area (Å²) >= 11 is 0. The van der Waals surface area contributed by atoms with Gasteiger partial charge in [-0.3, -0.25) is 9.59 Å². The molecule has 1 aromatic heterocycles. The van der Waals surface area contributed by atoms with Gasteiger partial charge in [-0.15, -0.1) is 5.10 Å². The summed E-state index contributed by atoms with van der Waals surface area (Å²) in [5, 5.41) is 8.37. The van der Waals surface area contributed by atoms with Crippen LogP contribution in [-0.4, -0.2) is 56.2 Å². The Balaban J connectivity index is 1.29. The predicted molar refractivity (Wildman–Crippen MR) is 95.2 cm³/mol. The van der Waals surface area contributed by atoms with Gasteiger partial charge < -0.3 is 9.80 Å². The lowest BCUT2D eigenvalue weighted by atomic mass is 10.0. The highest BCUT2D eigenvalue weighted by Crippen LogP contribution is 2.22. The summed E-state index contributed by atoms with van der Waals surface area (Å²) < 4.78 is 1.83. The lowest BCUT2D eigenvalue weighted by Crippen LogP contribution is -2.51. The van der Waals surface area contributed by atoms with Crippen LogP contribution in [-0.2, 0) is 22.6 Å². The number of hydrogen-bond acceptors (Lipinski definition) is 4. The van der Waals surface area contributed by atoms with Crippen molar-refractivity contribution in [1.82, 2.24) is 24.8 Å². The second-order valence-electron chi connectivity index (χ2n) is 7.23. The Morgan fingerprint density at radius 3 is 2.88 bits per heavy atom. The summed E-state index contributed by atoms with van der Waals surface area (Å²) in [5.74, 6) is 0.339. The van der Waals surface area contributed by atoms with E-state index >= 15 is 0 Å². The molecule has 2 fully saturated rings. The minimum absolute atomic E-state index is 0.148. The Kier molecular flexibility index (Phi) is 4.44. The van der Waals surface area contributed by atoms with Crippen LogP contribution in [0.4, 0.5) is 0 Å². The summed E-state index contributed by atoms with van der Waals surface area (Å²) in [7, 11) is 0. The first-order valence-electron chi connectivity index (χ1n) is 9.10. The molecular weight excluding hydrogens is 330 g/mol. The van der Waals surface area contributed by atoms with E-state index in [1.807, 2.05) is 45.8 Å². The van der Waals surface area contributed by atoms with Crippen molar-refractivity contribution in [3.63, 3.8) is 0 Å². The van der Waals surface area contributed by atoms with E-state index < -0.39 is 0 Å². The minimum atomic E-state index is 0.148. The number of carbonyl (C=O) groups excluding carboxylic acids is 2. The minimum Gasteiger partial charge on any atom is -0.338 e. The third-order valence-electron chi connectivity index (χ3n) is 5.11. The van der Waals surface area contributed by atoms with Gasteiger partial charge in [-0.25, -0.2) is 4.68 Å². The summed E-state index contributed by atoms with van der Waals surface area (Å²) in [6.07, 6.45) is 3.90. The van der Waals surface area contributed by atoms with Crippen LogP contribution in [0, 0.1) is 6.92 Å². The Labute approximate surface area is 152 Å². The fourth-order valence-corrected chi connectivity index (χ4v) is 3.57. The molecule has 136 valence electrons. The molecule has 2 aromatic rings. The van der Waals surface area contributed by atoms with E-state index in [1.54, 1.807) is 0 Å². The monoisotopic (exact) mass is 353 g/mol. The van der Waals surface area contributed by atoms with Crippen LogP contribution >= 0.6 is 0 Å². The standard InChI is InChI=1S/C19H23N5O2/c1-14-4-2-5-15(8-14)9-19(26)23-12-17(13-23)24-11-16(20-21-24)10-22-7-3-6-18(22)25/h2,4-5,8,11,17H,3,6-7,9-10,12-13H2,1H3. The number of likely N-dealkylation sites (tertiary alicyclic amines) is 2. The lowest BCUT2D eigenvalue weighted by molar-refractivity contribution is -0.136. The van der Waals surface area contributed by atoms with Crippen LogP contribution in [0.25, 0.3) is 0 Å². The summed E-state index contributed by atoms with van der Waals surface area (Å²) in [4.78, 5) is 27.8. The van der Waals surface area contributed by atoms with Crippen molar-refractivity contribution in [3.05, 3.63) is 47.3 Å². The highest BCUT2D eigenvalue weighted by molar-refractivity contribution is 5.79. The molecule has 0 aliphatic carbocycles. The zero-order valence-corrected chi connectivity index (χ0v) is 15.0. The normalized spacial score (nSPS) is 17.7. The zero-order valence-electron chi connectivity index (χ0n) is 15.0. The van der Waals surface area contributed by atoms with E-state index in [2.05, 4.69) is 16.4 Å². The number of aryl methyl sites for hydroxylation is 1. The molecule has 2 aliphatic heterocycles. The summed E-state index contributed by atoms with van der Waals surface area (Å²) in [6.45, 7) is 4.69. The maximum absolute atomic E-state index is 12.4. The topological polar surface area (TPSA) is 71.3 Å². The van der Waals surface area contributed by atoms with Crippen LogP contribution in [0.2, 0.25) is 0 Å². The van der Waals surface area contributed by atoms with Crippen molar-refractivity contribution >= 4 is 11.8 Å². The number of aromatic nitrogens is 3. The first-order valence-corrected chi connectivity index (χ1v) is 9.10. The fourth-order valence-electron chi connectivity index (χ4n) is 3.57. The average Bonchev–Trinajstić information content (AvgIpc) is 3.16. The number of rotatable bonds is 5. The number of nitrogens with zero attached hydrogens (tertiary/aromatic N) is 5. The average molecular weight is 353 g/mol. The molecule has 0 N–H and O–H groups in total. The second kappa shape index (κ2) is 6.90. The number of amides is 2. The molecule has 4 rings (SSSR count). The molecule has 0 radical (unpaired) electrons. The molecule has 0 bridgehead atoms. The van der Waals surface area contributed by atoms with Crippen molar-refractivity contribution in [1.29, 1.82) is 0 Å². The van der Waals surface area contributed by atoms with E-state index in [0.29, 0.717) is 32.5 Å². The van der Waals surface area contributed by atoms with Crippen molar-refractivity contribution in [2.75, 3.05) is 19.6 Å². The van der Waals surface area contributed by atoms with E-state index in [1.165, 1.54) is 5.56 Å². The van der Waals surface area contributed by atoms with Crippen LogP contribution in [0.3, 0.4) is 0 Å². The van der Waals surface area contributed by atoms with Crippen molar-refractivity contribution < 1.29 is 9.59 Å². The fraction of sp³-hybridized carbons (Fsp3) is 0.474. The molecule has 2 amide bonds. The molecule has 7 heteroatoms. The van der Waals surface area contributed by atoms with Crippen molar-refractivity contribution in [3.8, 4) is 0 Å². The van der Waals surface area contributed by atoms with Gasteiger partial charge in [0.05, 0.1) is 25.2 Å². The van der Waals surface area contributed by atoms with Crippen LogP contribution in [0.5, 0.6) is 0 Å². The SMILES string of the molecule is Cc1cccc(CC(=O)N2CC(n3cc(CN4CCCC4=O)nn3)C2)c1. The zero-order chi connectivity index (χ0) is 18.1. The summed E-state index contributed by atoms with van der Waals surface area (Å²) in [5.41, 5.74) is 3.03. The van der Waals surface area contributed by atoms with Gasteiger partial charge in [0, 0.05) is 26.1 Å². The summed E-state index contributed by atoms with van der Waals surface area (Å²) in [6, 6.07) is 8.24. The molecular formula is C19H23N5O2. The van der Waals surface area contributed by atoms with Gasteiger partial charge in [0.2, 0.25) is 11.8 Å². The predicted octanol–water partition coefficient (Wildman–Crippen LogP) is 1.33. The van der Waals surface area contributed by atoms with E-state index in [9.17, 15) is 9.59 Å². The highest BCUT2D eigenvalue weighted by atomic mass is 16.2. The molecule has 2 aliphatic rings. The second-order valence-corrected chi connectivity index (χ2v) is 7.23. The van der Waals surface area contributed by atoms with Gasteiger partial charge in [0.15, 0.2) is 0 Å². The third-order valence-corrected chi connectivity index (χ3v) is 5.11. The Morgan fingerprint density at radius 2 is 2.15 bits per heavy atom. The third kappa shape index (κ3) is 3.47. The molecule has 0 unspecified atom stereocenters. The first kappa shape index (κ1) is 16.8. The van der Waals surface area contributed by atoms with Gasteiger partial charge in [0.25, 0.3) is 0 Å². The number of carbonyl (C=O) groups is 2. The number of hydrogen-bond donors (Lipinski definition) is 0. The van der Waals surface area contributed by atoms with Crippen LogP contribution in [0.1, 0.15) is 35.7 Å².